The molecule has 0 fully saturated rings. The summed E-state index contributed by atoms with van der Waals surface area (Å²) in [6.07, 6.45) is 19.7. The van der Waals surface area contributed by atoms with Crippen LogP contribution in [0.4, 0.5) is 0 Å². The summed E-state index contributed by atoms with van der Waals surface area (Å²) in [4.78, 5) is 62.3. The van der Waals surface area contributed by atoms with E-state index < -0.39 is 12.0 Å². The van der Waals surface area contributed by atoms with Gasteiger partial charge >= 0.3 is 0 Å². The average Bonchev–Trinajstić information content (AvgIpc) is 3.03. The number of primary amides is 1. The summed E-state index contributed by atoms with van der Waals surface area (Å²) in [5.74, 6) is -1.61. The minimum Gasteiger partial charge on any atom is -0.369 e. The second kappa shape index (κ2) is 30.7. The summed E-state index contributed by atoms with van der Waals surface area (Å²) >= 11 is 0. The van der Waals surface area contributed by atoms with Gasteiger partial charge in [0, 0.05) is 37.6 Å². The van der Waals surface area contributed by atoms with Crippen LogP contribution in [0.2, 0.25) is 0 Å². The van der Waals surface area contributed by atoms with Gasteiger partial charge in [-0.15, -0.1) is 0 Å². The Morgan fingerprint density at radius 2 is 1.13 bits per heavy atom. The molecule has 11 nitrogen and oxygen atoms in total. The number of ketones is 2. The van der Waals surface area contributed by atoms with E-state index in [-0.39, 0.29) is 48.0 Å². The lowest BCUT2D eigenvalue weighted by Gasteiger charge is -2.21. The van der Waals surface area contributed by atoms with E-state index in [1.807, 2.05) is 0 Å². The van der Waals surface area contributed by atoms with Crippen molar-refractivity contribution < 1.29 is 24.0 Å². The predicted molar refractivity (Wildman–Crippen MR) is 190 cm³/mol. The van der Waals surface area contributed by atoms with Crippen molar-refractivity contribution in [2.75, 3.05) is 26.2 Å². The Labute approximate surface area is 284 Å². The zero-order valence-electron chi connectivity index (χ0n) is 29.4. The van der Waals surface area contributed by atoms with Gasteiger partial charge in [-0.1, -0.05) is 63.9 Å². The summed E-state index contributed by atoms with van der Waals surface area (Å²) in [6.45, 7) is 3.97. The summed E-state index contributed by atoms with van der Waals surface area (Å²) in [7, 11) is 0. The van der Waals surface area contributed by atoms with E-state index >= 15 is 0 Å². The number of nitrogens with two attached hydrogens (primary N) is 4. The second-order valence-electron chi connectivity index (χ2n) is 12.8. The fourth-order valence-corrected chi connectivity index (χ4v) is 5.72. The Morgan fingerprint density at radius 1 is 0.617 bits per heavy atom. The first-order chi connectivity index (χ1) is 22.7. The molecule has 0 saturated carbocycles. The van der Waals surface area contributed by atoms with Crippen LogP contribution < -0.4 is 33.6 Å². The molecule has 0 saturated heterocycles. The van der Waals surface area contributed by atoms with Crippen molar-refractivity contribution in [3.63, 3.8) is 0 Å². The van der Waals surface area contributed by atoms with Crippen LogP contribution in [0.3, 0.4) is 0 Å². The molecule has 0 spiro atoms. The van der Waals surface area contributed by atoms with Crippen LogP contribution >= 0.6 is 0 Å². The van der Waals surface area contributed by atoms with E-state index in [1.54, 1.807) is 13.0 Å². The smallest absolute Gasteiger partial charge is 0.244 e. The average molecular weight is 665 g/mol. The van der Waals surface area contributed by atoms with Crippen molar-refractivity contribution >= 4 is 29.3 Å². The standard InChI is InChI=1S/C36H68N6O5/c1-2-18-34(45)42-32(22-13-16-25-39)33(44)28-30(20-12-15-24-38)36(47)41-26-17-9-7-5-3-4-6-8-10-21-31(43)27-29(35(40)46)19-11-14-23-37/h2,18,29-30,32H,3-17,19-28,37-39H2,1H3,(H2,40,46)(H,41,47)(H,42,45)/b18-2+. The fraction of sp³-hybridized carbons (Fsp3) is 0.806. The number of carbonyl (C=O) groups excluding carboxylic acids is 5. The summed E-state index contributed by atoms with van der Waals surface area (Å²) in [5, 5.41) is 5.84. The fourth-order valence-electron chi connectivity index (χ4n) is 5.72. The first-order valence-corrected chi connectivity index (χ1v) is 18.3. The van der Waals surface area contributed by atoms with Crippen LogP contribution in [-0.4, -0.2) is 61.5 Å². The van der Waals surface area contributed by atoms with Crippen LogP contribution in [0.5, 0.6) is 0 Å². The highest BCUT2D eigenvalue weighted by molar-refractivity contribution is 5.95. The minimum atomic E-state index is -0.629. The molecule has 10 N–H and O–H groups in total. The monoisotopic (exact) mass is 665 g/mol. The third-order valence-electron chi connectivity index (χ3n) is 8.61. The molecule has 3 unspecified atom stereocenters. The van der Waals surface area contributed by atoms with E-state index in [9.17, 15) is 24.0 Å². The predicted octanol–water partition coefficient (Wildman–Crippen LogP) is 4.09. The highest BCUT2D eigenvalue weighted by Gasteiger charge is 2.27. The molecule has 272 valence electrons. The molecule has 0 aliphatic rings. The van der Waals surface area contributed by atoms with Crippen molar-refractivity contribution in [3.05, 3.63) is 12.2 Å². The molecule has 0 aliphatic carbocycles. The molecule has 3 atom stereocenters. The van der Waals surface area contributed by atoms with Gasteiger partial charge in [0.2, 0.25) is 17.7 Å². The zero-order chi connectivity index (χ0) is 35.1. The number of hydrogen-bond acceptors (Lipinski definition) is 8. The van der Waals surface area contributed by atoms with Crippen molar-refractivity contribution in [3.8, 4) is 0 Å². The SMILES string of the molecule is C/C=C/C(=O)NC(CCCCN)C(=O)CC(CCCCN)C(=O)NCCCCCCCCCCCC(=O)CC(CCCCN)C(N)=O. The first-order valence-electron chi connectivity index (χ1n) is 18.3. The van der Waals surface area contributed by atoms with Gasteiger partial charge in [-0.2, -0.15) is 0 Å². The van der Waals surface area contributed by atoms with Crippen molar-refractivity contribution in [2.45, 2.75) is 148 Å². The van der Waals surface area contributed by atoms with E-state index in [1.165, 1.54) is 6.08 Å². The molecule has 0 heterocycles. The van der Waals surface area contributed by atoms with E-state index in [0.29, 0.717) is 51.9 Å². The molecule has 0 aliphatic heterocycles. The Hall–Kier alpha value is -2.63. The highest BCUT2D eigenvalue weighted by atomic mass is 16.2. The van der Waals surface area contributed by atoms with Crippen molar-refractivity contribution in [1.82, 2.24) is 10.6 Å². The van der Waals surface area contributed by atoms with Crippen LogP contribution in [0.1, 0.15) is 142 Å². The van der Waals surface area contributed by atoms with Crippen LogP contribution in [0, 0.1) is 11.8 Å². The Morgan fingerprint density at radius 3 is 1.66 bits per heavy atom. The molecule has 0 rings (SSSR count). The molecule has 11 heteroatoms. The maximum Gasteiger partial charge on any atom is 0.244 e. The lowest BCUT2D eigenvalue weighted by atomic mass is 9.91. The number of allylic oxidation sites excluding steroid dienone is 1. The molecule has 3 amide bonds. The van der Waals surface area contributed by atoms with Gasteiger partial charge in [-0.25, -0.2) is 0 Å². The molecular weight excluding hydrogens is 596 g/mol. The number of rotatable bonds is 33. The van der Waals surface area contributed by atoms with Crippen molar-refractivity contribution in [1.29, 1.82) is 0 Å². The molecular formula is C36H68N6O5. The number of hydrogen-bond donors (Lipinski definition) is 6. The third kappa shape index (κ3) is 25.1. The molecule has 0 radical (unpaired) electrons. The number of unbranched alkanes of at least 4 members (excludes halogenated alkanes) is 11. The van der Waals surface area contributed by atoms with Crippen LogP contribution in [0.25, 0.3) is 0 Å². The molecule has 0 bridgehead atoms. The number of nitrogens with one attached hydrogen (secondary N) is 2. The van der Waals surface area contributed by atoms with Gasteiger partial charge in [0.1, 0.15) is 5.78 Å². The van der Waals surface area contributed by atoms with Gasteiger partial charge in [0.25, 0.3) is 0 Å². The number of Topliss-reactive ketones (excluding diaryl/α,β-unsaturated/α-hetero) is 2. The number of carbonyl (C=O) groups is 5. The normalized spacial score (nSPS) is 13.3. The summed E-state index contributed by atoms with van der Waals surface area (Å²) in [6, 6.07) is -0.629. The quantitative estimate of drug-likeness (QED) is 0.0443. The first kappa shape index (κ1) is 44.4. The highest BCUT2D eigenvalue weighted by Crippen LogP contribution is 2.18. The van der Waals surface area contributed by atoms with Gasteiger partial charge in [-0.3, -0.25) is 24.0 Å². The van der Waals surface area contributed by atoms with E-state index in [4.69, 9.17) is 22.9 Å². The molecule has 47 heavy (non-hydrogen) atoms. The van der Waals surface area contributed by atoms with Gasteiger partial charge in [0.15, 0.2) is 5.78 Å². The van der Waals surface area contributed by atoms with Gasteiger partial charge in [-0.05, 0) is 90.4 Å². The lowest BCUT2D eigenvalue weighted by molar-refractivity contribution is -0.131. The second-order valence-corrected chi connectivity index (χ2v) is 12.8. The Bertz CT molecular complexity index is 897. The Balaban J connectivity index is 4.33. The maximum atomic E-state index is 13.2. The molecule has 0 aromatic rings. The zero-order valence-corrected chi connectivity index (χ0v) is 29.4. The molecule has 0 aromatic heterocycles. The maximum absolute atomic E-state index is 13.2. The van der Waals surface area contributed by atoms with Gasteiger partial charge < -0.3 is 33.6 Å². The lowest BCUT2D eigenvalue weighted by Crippen LogP contribution is -2.42. The van der Waals surface area contributed by atoms with Crippen LogP contribution in [-0.2, 0) is 24.0 Å². The minimum absolute atomic E-state index is 0.0944. The Kier molecular flexibility index (Phi) is 29.0. The van der Waals surface area contributed by atoms with E-state index in [0.717, 1.165) is 96.3 Å². The largest absolute Gasteiger partial charge is 0.369 e. The van der Waals surface area contributed by atoms with Crippen LogP contribution in [0.15, 0.2) is 12.2 Å². The third-order valence-corrected chi connectivity index (χ3v) is 8.61. The molecule has 0 aromatic carbocycles. The summed E-state index contributed by atoms with van der Waals surface area (Å²) < 4.78 is 0. The van der Waals surface area contributed by atoms with Gasteiger partial charge in [0.05, 0.1) is 6.04 Å². The van der Waals surface area contributed by atoms with Crippen molar-refractivity contribution in [2.24, 2.45) is 34.8 Å². The van der Waals surface area contributed by atoms with E-state index in [2.05, 4.69) is 10.6 Å². The topological polar surface area (TPSA) is 213 Å². The summed E-state index contributed by atoms with van der Waals surface area (Å²) in [5.41, 5.74) is 22.2. The number of amides is 3.